The molecule has 0 fully saturated rings. The SMILES string of the molecule is Cl.Cl.NCc1ccc2c(N)nccc2c1F. The molecule has 2 rings (SSSR count). The summed E-state index contributed by atoms with van der Waals surface area (Å²) in [5, 5.41) is 1.10. The Morgan fingerprint density at radius 1 is 1.12 bits per heavy atom. The molecule has 0 amide bonds. The quantitative estimate of drug-likeness (QED) is 0.830. The van der Waals surface area contributed by atoms with Crippen molar-refractivity contribution in [3.8, 4) is 0 Å². The summed E-state index contributed by atoms with van der Waals surface area (Å²) in [6.07, 6.45) is 1.49. The summed E-state index contributed by atoms with van der Waals surface area (Å²) >= 11 is 0. The number of nitrogens with two attached hydrogens (primary N) is 2. The second-order valence-corrected chi connectivity index (χ2v) is 3.03. The van der Waals surface area contributed by atoms with E-state index in [9.17, 15) is 4.39 Å². The smallest absolute Gasteiger partial charge is 0.135 e. The minimum atomic E-state index is -0.306. The fourth-order valence-corrected chi connectivity index (χ4v) is 1.44. The van der Waals surface area contributed by atoms with E-state index >= 15 is 0 Å². The Labute approximate surface area is 105 Å². The van der Waals surface area contributed by atoms with Gasteiger partial charge in [-0.15, -0.1) is 24.8 Å². The molecule has 6 heteroatoms. The number of hydrogen-bond acceptors (Lipinski definition) is 3. The first-order valence-corrected chi connectivity index (χ1v) is 4.25. The first-order valence-electron chi connectivity index (χ1n) is 4.25. The minimum Gasteiger partial charge on any atom is -0.383 e. The van der Waals surface area contributed by atoms with Crippen LogP contribution in [-0.4, -0.2) is 4.98 Å². The maximum absolute atomic E-state index is 13.7. The predicted molar refractivity (Wildman–Crippen MR) is 68.5 cm³/mol. The zero-order valence-corrected chi connectivity index (χ0v) is 9.95. The van der Waals surface area contributed by atoms with Crippen molar-refractivity contribution in [1.29, 1.82) is 0 Å². The second-order valence-electron chi connectivity index (χ2n) is 3.03. The molecule has 88 valence electrons. The Hall–Kier alpha value is -1.10. The van der Waals surface area contributed by atoms with Gasteiger partial charge < -0.3 is 11.5 Å². The summed E-state index contributed by atoms with van der Waals surface area (Å²) < 4.78 is 13.7. The maximum atomic E-state index is 13.7. The third kappa shape index (κ3) is 2.35. The molecule has 0 aliphatic carbocycles. The molecule has 1 heterocycles. The Morgan fingerprint density at radius 3 is 2.44 bits per heavy atom. The molecule has 0 unspecified atom stereocenters. The largest absolute Gasteiger partial charge is 0.383 e. The highest BCUT2D eigenvalue weighted by molar-refractivity contribution is 5.91. The molecule has 0 spiro atoms. The number of fused-ring (bicyclic) bond motifs is 1. The van der Waals surface area contributed by atoms with Crippen molar-refractivity contribution in [2.24, 2.45) is 5.73 Å². The van der Waals surface area contributed by atoms with Crippen molar-refractivity contribution < 1.29 is 4.39 Å². The number of nitrogens with zero attached hydrogens (tertiary/aromatic N) is 1. The highest BCUT2D eigenvalue weighted by Gasteiger charge is 2.07. The lowest BCUT2D eigenvalue weighted by molar-refractivity contribution is 0.622. The van der Waals surface area contributed by atoms with Crippen LogP contribution in [0.1, 0.15) is 5.56 Å². The molecule has 0 bridgehead atoms. The number of rotatable bonds is 1. The number of hydrogen-bond donors (Lipinski definition) is 2. The average Bonchev–Trinajstić information content (AvgIpc) is 2.20. The Kier molecular flexibility index (Phi) is 5.44. The highest BCUT2D eigenvalue weighted by atomic mass is 35.5. The fourth-order valence-electron chi connectivity index (χ4n) is 1.44. The zero-order chi connectivity index (χ0) is 10.1. The van der Waals surface area contributed by atoms with Crippen LogP contribution in [0, 0.1) is 5.82 Å². The summed E-state index contributed by atoms with van der Waals surface area (Å²) in [7, 11) is 0. The number of anilines is 1. The van der Waals surface area contributed by atoms with Gasteiger partial charge in [0.2, 0.25) is 0 Å². The zero-order valence-electron chi connectivity index (χ0n) is 8.31. The molecule has 0 atom stereocenters. The third-order valence-electron chi connectivity index (χ3n) is 2.21. The number of halogens is 3. The number of benzene rings is 1. The van der Waals surface area contributed by atoms with Crippen LogP contribution in [-0.2, 0) is 6.54 Å². The maximum Gasteiger partial charge on any atom is 0.135 e. The van der Waals surface area contributed by atoms with Crippen LogP contribution in [0.25, 0.3) is 10.8 Å². The molecule has 0 saturated carbocycles. The van der Waals surface area contributed by atoms with Crippen molar-refractivity contribution in [1.82, 2.24) is 4.98 Å². The molecule has 16 heavy (non-hydrogen) atoms. The van der Waals surface area contributed by atoms with E-state index in [1.54, 1.807) is 18.2 Å². The molecule has 0 saturated heterocycles. The van der Waals surface area contributed by atoms with E-state index in [4.69, 9.17) is 11.5 Å². The van der Waals surface area contributed by atoms with Crippen LogP contribution in [0.5, 0.6) is 0 Å². The van der Waals surface area contributed by atoms with Gasteiger partial charge >= 0.3 is 0 Å². The van der Waals surface area contributed by atoms with Gasteiger partial charge in [-0.1, -0.05) is 12.1 Å². The average molecular weight is 264 g/mol. The van der Waals surface area contributed by atoms with Crippen LogP contribution in [0.2, 0.25) is 0 Å². The summed E-state index contributed by atoms with van der Waals surface area (Å²) in [4.78, 5) is 3.88. The lowest BCUT2D eigenvalue weighted by Gasteiger charge is -2.05. The second kappa shape index (κ2) is 5.84. The number of nitrogen functional groups attached to an aromatic ring is 1. The normalized spacial score (nSPS) is 9.38. The van der Waals surface area contributed by atoms with Crippen molar-refractivity contribution in [3.63, 3.8) is 0 Å². The summed E-state index contributed by atoms with van der Waals surface area (Å²) in [6, 6.07) is 4.97. The van der Waals surface area contributed by atoms with Gasteiger partial charge in [-0.2, -0.15) is 0 Å². The Balaban J connectivity index is 0.00000112. The third-order valence-corrected chi connectivity index (χ3v) is 2.21. The van der Waals surface area contributed by atoms with E-state index in [0.29, 0.717) is 22.2 Å². The molecule has 0 aliphatic rings. The van der Waals surface area contributed by atoms with E-state index in [1.807, 2.05) is 0 Å². The number of pyridine rings is 1. The van der Waals surface area contributed by atoms with Gasteiger partial charge in [0.25, 0.3) is 0 Å². The molecular formula is C10H12Cl2FN3. The van der Waals surface area contributed by atoms with Crippen LogP contribution < -0.4 is 11.5 Å². The van der Waals surface area contributed by atoms with Gasteiger partial charge in [-0.05, 0) is 6.07 Å². The monoisotopic (exact) mass is 263 g/mol. The van der Waals surface area contributed by atoms with Gasteiger partial charge in [0.05, 0.1) is 0 Å². The van der Waals surface area contributed by atoms with E-state index in [-0.39, 0.29) is 37.2 Å². The topological polar surface area (TPSA) is 64.9 Å². The number of aromatic nitrogens is 1. The van der Waals surface area contributed by atoms with Crippen LogP contribution in [0.3, 0.4) is 0 Å². The lowest BCUT2D eigenvalue weighted by Crippen LogP contribution is -2.01. The van der Waals surface area contributed by atoms with E-state index in [2.05, 4.69) is 4.98 Å². The Bertz CT molecular complexity index is 491. The molecule has 0 aliphatic heterocycles. The van der Waals surface area contributed by atoms with Gasteiger partial charge in [0.15, 0.2) is 0 Å². The molecule has 4 N–H and O–H groups in total. The first-order chi connectivity index (χ1) is 6.74. The van der Waals surface area contributed by atoms with Crippen molar-refractivity contribution in [2.75, 3.05) is 5.73 Å². The summed E-state index contributed by atoms with van der Waals surface area (Å²) in [6.45, 7) is 0.185. The Morgan fingerprint density at radius 2 is 1.81 bits per heavy atom. The predicted octanol–water partition coefficient (Wildman–Crippen LogP) is 2.26. The van der Waals surface area contributed by atoms with Crippen molar-refractivity contribution in [2.45, 2.75) is 6.54 Å². The standard InChI is InChI=1S/C10H10FN3.2ClH/c11-9-6(5-12)1-2-8-7(9)3-4-14-10(8)13;;/h1-4H,5,12H2,(H2,13,14);2*1H. The summed E-state index contributed by atoms with van der Waals surface area (Å²) in [5.41, 5.74) is 11.5. The van der Waals surface area contributed by atoms with Crippen LogP contribution >= 0.6 is 24.8 Å². The molecule has 3 nitrogen and oxygen atoms in total. The highest BCUT2D eigenvalue weighted by Crippen LogP contribution is 2.23. The van der Waals surface area contributed by atoms with Crippen molar-refractivity contribution >= 4 is 41.4 Å². The van der Waals surface area contributed by atoms with Crippen LogP contribution in [0.4, 0.5) is 10.2 Å². The van der Waals surface area contributed by atoms with Gasteiger partial charge in [0.1, 0.15) is 11.6 Å². The summed E-state index contributed by atoms with van der Waals surface area (Å²) in [5.74, 6) is 0.0315. The molecule has 1 aromatic heterocycles. The lowest BCUT2D eigenvalue weighted by atomic mass is 10.1. The van der Waals surface area contributed by atoms with E-state index in [0.717, 1.165) is 0 Å². The van der Waals surface area contributed by atoms with Crippen LogP contribution in [0.15, 0.2) is 24.4 Å². The minimum absolute atomic E-state index is 0. The van der Waals surface area contributed by atoms with Gasteiger partial charge in [-0.3, -0.25) is 0 Å². The fraction of sp³-hybridized carbons (Fsp3) is 0.100. The molecule has 2 aromatic rings. The molecule has 1 aromatic carbocycles. The van der Waals surface area contributed by atoms with E-state index in [1.165, 1.54) is 6.20 Å². The first kappa shape index (κ1) is 14.9. The van der Waals surface area contributed by atoms with Gasteiger partial charge in [-0.25, -0.2) is 9.37 Å². The molecular weight excluding hydrogens is 252 g/mol. The molecule has 0 radical (unpaired) electrons. The van der Waals surface area contributed by atoms with Gasteiger partial charge in [0, 0.05) is 29.1 Å². The van der Waals surface area contributed by atoms with E-state index < -0.39 is 0 Å². The van der Waals surface area contributed by atoms with Crippen molar-refractivity contribution in [3.05, 3.63) is 35.8 Å².